The van der Waals surface area contributed by atoms with Crippen LogP contribution in [0.5, 0.6) is 0 Å². The smallest absolute Gasteiger partial charge is 0.274 e. The first-order valence-corrected chi connectivity index (χ1v) is 4.61. The molecule has 0 aliphatic rings. The highest BCUT2D eigenvalue weighted by atomic mass is 14.9. The van der Waals surface area contributed by atoms with E-state index in [1.54, 1.807) is 0 Å². The van der Waals surface area contributed by atoms with E-state index in [0.29, 0.717) is 0 Å². The van der Waals surface area contributed by atoms with Gasteiger partial charge in [-0.1, -0.05) is 23.0 Å². The Kier molecular flexibility index (Phi) is 4.48. The summed E-state index contributed by atoms with van der Waals surface area (Å²) in [6.07, 6.45) is 0.864. The molecular weight excluding hydrogens is 160 g/mol. The molecule has 0 aromatic heterocycles. The van der Waals surface area contributed by atoms with Crippen molar-refractivity contribution in [2.24, 2.45) is 0 Å². The van der Waals surface area contributed by atoms with Gasteiger partial charge in [0.25, 0.3) is 12.6 Å². The fourth-order valence-corrected chi connectivity index (χ4v) is 1.01. The van der Waals surface area contributed by atoms with Crippen molar-refractivity contribution >= 4 is 5.69 Å². The maximum atomic E-state index is 4.01. The van der Waals surface area contributed by atoms with Crippen LogP contribution in [-0.4, -0.2) is 13.1 Å². The van der Waals surface area contributed by atoms with Crippen molar-refractivity contribution in [2.75, 3.05) is 18.4 Å². The molecule has 68 valence electrons. The van der Waals surface area contributed by atoms with Gasteiger partial charge in [0.1, 0.15) is 0 Å². The lowest BCUT2D eigenvalue weighted by Crippen LogP contribution is -1.99. The molecule has 13 heavy (non-hydrogen) atoms. The van der Waals surface area contributed by atoms with Gasteiger partial charge in [-0.05, 0) is 12.1 Å². The second-order valence-electron chi connectivity index (χ2n) is 2.68. The third kappa shape index (κ3) is 4.17. The van der Waals surface area contributed by atoms with Crippen LogP contribution in [0.2, 0.25) is 0 Å². The Morgan fingerprint density at radius 1 is 1.31 bits per heavy atom. The van der Waals surface area contributed by atoms with Gasteiger partial charge in [-0.15, -0.1) is 0 Å². The second-order valence-corrected chi connectivity index (χ2v) is 2.68. The summed E-state index contributed by atoms with van der Waals surface area (Å²) in [6, 6.07) is 13.1. The van der Waals surface area contributed by atoms with Gasteiger partial charge in [0.2, 0.25) is 0 Å². The first-order chi connectivity index (χ1) is 6.43. The van der Waals surface area contributed by atoms with E-state index in [1.165, 1.54) is 0 Å². The van der Waals surface area contributed by atoms with Crippen LogP contribution < -0.4 is 5.32 Å². The summed E-state index contributed by atoms with van der Waals surface area (Å²) in [5.41, 5.74) is 1.15. The Balaban J connectivity index is 2.20. The van der Waals surface area contributed by atoms with E-state index < -0.39 is 0 Å². The number of rotatable bonds is 3. The first kappa shape index (κ1) is 9.60. The van der Waals surface area contributed by atoms with Crippen molar-refractivity contribution in [3.05, 3.63) is 35.2 Å². The lowest BCUT2D eigenvalue weighted by Gasteiger charge is -2.00. The number of para-hydroxylation sites is 1. The predicted octanol–water partition coefficient (Wildman–Crippen LogP) is 2.84. The van der Waals surface area contributed by atoms with Gasteiger partial charge >= 0.3 is 0 Å². The monoisotopic (exact) mass is 175 g/mol. The largest absolute Gasteiger partial charge is 0.384 e. The van der Waals surface area contributed by atoms with E-state index in [2.05, 4.69) is 28.4 Å². The minimum Gasteiger partial charge on any atom is -0.384 e. The maximum Gasteiger partial charge on any atom is 0.274 e. The number of hydrogen-bond acceptors (Lipinski definition) is 1. The van der Waals surface area contributed by atoms with Gasteiger partial charge in [-0.25, -0.2) is 0 Å². The van der Waals surface area contributed by atoms with Crippen LogP contribution in [0.25, 0.3) is 4.85 Å². The van der Waals surface area contributed by atoms with Crippen molar-refractivity contribution in [1.82, 2.24) is 0 Å². The minimum absolute atomic E-state index is 0.825. The van der Waals surface area contributed by atoms with Crippen LogP contribution in [0.4, 0.5) is 5.69 Å². The molecule has 0 heterocycles. The van der Waals surface area contributed by atoms with E-state index in [0.717, 1.165) is 25.2 Å². The molecule has 0 saturated carbocycles. The predicted molar refractivity (Wildman–Crippen MR) is 57.3 cm³/mol. The molecule has 0 unspecified atom stereocenters. The van der Waals surface area contributed by atoms with Crippen LogP contribution in [0, 0.1) is 6.07 Å². The van der Waals surface area contributed by atoms with Gasteiger partial charge in [0.15, 0.2) is 0 Å². The highest BCUT2D eigenvalue weighted by molar-refractivity contribution is 5.42. The van der Waals surface area contributed by atoms with Gasteiger partial charge < -0.3 is 5.32 Å². The normalized spacial score (nSPS) is 8.69. The number of hydrogen-bond donors (Lipinski definition) is 1. The molecular formula is C11H15N2+. The van der Waals surface area contributed by atoms with Crippen molar-refractivity contribution in [3.63, 3.8) is 0 Å². The maximum absolute atomic E-state index is 4.01. The Hall–Kier alpha value is -1.49. The topological polar surface area (TPSA) is 16.4 Å². The molecule has 0 spiro atoms. The van der Waals surface area contributed by atoms with E-state index in [9.17, 15) is 0 Å². The summed E-state index contributed by atoms with van der Waals surface area (Å²) < 4.78 is 0. The minimum atomic E-state index is 0.825. The Morgan fingerprint density at radius 3 is 2.77 bits per heavy atom. The zero-order valence-corrected chi connectivity index (χ0v) is 7.96. The summed E-state index contributed by atoms with van der Waals surface area (Å²) in [5.74, 6) is 0. The summed E-state index contributed by atoms with van der Waals surface area (Å²) >= 11 is 0. The fourth-order valence-electron chi connectivity index (χ4n) is 1.01. The van der Waals surface area contributed by atoms with Crippen molar-refractivity contribution in [1.29, 1.82) is 0 Å². The highest BCUT2D eigenvalue weighted by Crippen LogP contribution is 2.03. The summed E-state index contributed by atoms with van der Waals surface area (Å²) in [7, 11) is 0. The zero-order chi connectivity index (χ0) is 9.36. The molecule has 1 rings (SSSR count). The summed E-state index contributed by atoms with van der Waals surface area (Å²) in [4.78, 5) is 4.01. The summed E-state index contributed by atoms with van der Waals surface area (Å²) in [6.45, 7) is 3.73. The van der Waals surface area contributed by atoms with Crippen molar-refractivity contribution in [2.45, 2.75) is 13.3 Å². The molecule has 1 aromatic rings. The Morgan fingerprint density at radius 2 is 2.08 bits per heavy atom. The van der Waals surface area contributed by atoms with Crippen LogP contribution >= 0.6 is 0 Å². The quantitative estimate of drug-likeness (QED) is 0.699. The first-order valence-electron chi connectivity index (χ1n) is 4.61. The molecule has 0 saturated heterocycles. The van der Waals surface area contributed by atoms with Crippen molar-refractivity contribution in [3.8, 4) is 6.07 Å². The molecule has 0 atom stereocenters. The third-order valence-electron chi connectivity index (χ3n) is 1.61. The van der Waals surface area contributed by atoms with E-state index in [4.69, 9.17) is 0 Å². The van der Waals surface area contributed by atoms with Crippen LogP contribution in [-0.2, 0) is 0 Å². The molecule has 1 N–H and O–H groups in total. The average Bonchev–Trinajstić information content (AvgIpc) is 2.19. The molecule has 0 aliphatic carbocycles. The molecule has 0 fully saturated rings. The number of nitrogens with zero attached hydrogens (tertiary/aromatic N) is 1. The van der Waals surface area contributed by atoms with Gasteiger partial charge in [0, 0.05) is 19.2 Å². The average molecular weight is 175 g/mol. The third-order valence-corrected chi connectivity index (χ3v) is 1.61. The lowest BCUT2D eigenvalue weighted by atomic mass is 10.3. The van der Waals surface area contributed by atoms with Crippen LogP contribution in [0.3, 0.4) is 0 Å². The SMILES string of the molecule is CC[N+]#CCCNc1ccccc1. The van der Waals surface area contributed by atoms with Crippen LogP contribution in [0.15, 0.2) is 30.3 Å². The summed E-state index contributed by atoms with van der Waals surface area (Å²) in [5, 5.41) is 3.28. The Labute approximate surface area is 79.4 Å². The highest BCUT2D eigenvalue weighted by Gasteiger charge is 1.89. The van der Waals surface area contributed by atoms with Gasteiger partial charge in [-0.2, -0.15) is 0 Å². The van der Waals surface area contributed by atoms with E-state index in [-0.39, 0.29) is 0 Å². The fraction of sp³-hybridized carbons (Fsp3) is 0.364. The molecule has 0 amide bonds. The van der Waals surface area contributed by atoms with Gasteiger partial charge in [0.05, 0.1) is 6.42 Å². The van der Waals surface area contributed by atoms with Crippen molar-refractivity contribution < 1.29 is 0 Å². The van der Waals surface area contributed by atoms with Crippen LogP contribution in [0.1, 0.15) is 13.3 Å². The molecule has 2 heteroatoms. The molecule has 1 aromatic carbocycles. The second kappa shape index (κ2) is 6.07. The standard InChI is InChI=1S/C11H15N2/c1-2-12-9-6-10-13-11-7-4-3-5-8-11/h3-5,7-8,13H,2,6,10H2,1H3/q+1. The van der Waals surface area contributed by atoms with E-state index >= 15 is 0 Å². The number of benzene rings is 1. The Bertz CT molecular complexity index is 282. The van der Waals surface area contributed by atoms with Gasteiger partial charge in [-0.3, -0.25) is 0 Å². The molecule has 0 bridgehead atoms. The molecule has 0 aliphatic heterocycles. The number of nitrogens with one attached hydrogen (secondary N) is 1. The number of anilines is 1. The lowest BCUT2D eigenvalue weighted by molar-refractivity contribution is 1.09. The molecule has 0 radical (unpaired) electrons. The molecule has 2 nitrogen and oxygen atoms in total. The van der Waals surface area contributed by atoms with E-state index in [1.807, 2.05) is 25.1 Å². The zero-order valence-electron chi connectivity index (χ0n) is 7.96.